The van der Waals surface area contributed by atoms with E-state index in [0.717, 1.165) is 62.2 Å². The molecule has 1 saturated carbocycles. The maximum Gasteiger partial charge on any atom is 0.225 e. The number of ether oxygens (including phenoxy) is 1. The topological polar surface area (TPSA) is 53.0 Å². The Morgan fingerprint density at radius 2 is 1.81 bits per heavy atom. The van der Waals surface area contributed by atoms with Crippen molar-refractivity contribution < 1.29 is 14.6 Å². The molecule has 0 aromatic heterocycles. The van der Waals surface area contributed by atoms with Gasteiger partial charge in [0, 0.05) is 37.0 Å². The molecule has 5 rings (SSSR count). The van der Waals surface area contributed by atoms with Gasteiger partial charge in [-0.05, 0) is 61.1 Å². The van der Waals surface area contributed by atoms with Gasteiger partial charge in [0.15, 0.2) is 0 Å². The number of aliphatic hydroxyl groups excluding tert-OH is 1. The Bertz CT molecular complexity index is 940. The first-order valence-electron chi connectivity index (χ1n) is 12.1. The predicted molar refractivity (Wildman–Crippen MR) is 126 cm³/mol. The molecule has 2 aliphatic heterocycles. The van der Waals surface area contributed by atoms with Crippen LogP contribution >= 0.6 is 0 Å². The highest BCUT2D eigenvalue weighted by Gasteiger charge is 2.49. The van der Waals surface area contributed by atoms with Crippen molar-refractivity contribution in [3.63, 3.8) is 0 Å². The highest BCUT2D eigenvalue weighted by molar-refractivity contribution is 5.79. The highest BCUT2D eigenvalue weighted by atomic mass is 16.5. The van der Waals surface area contributed by atoms with Gasteiger partial charge in [-0.2, -0.15) is 0 Å². The molecule has 3 fully saturated rings. The molecule has 2 heterocycles. The zero-order valence-corrected chi connectivity index (χ0v) is 19.0. The van der Waals surface area contributed by atoms with Crippen LogP contribution in [-0.2, 0) is 4.79 Å². The summed E-state index contributed by atoms with van der Waals surface area (Å²) in [4.78, 5) is 17.6. The largest absolute Gasteiger partial charge is 0.497 e. The Balaban J connectivity index is 1.37. The molecule has 2 aromatic carbocycles. The number of carbonyl (C=O) groups is 1. The van der Waals surface area contributed by atoms with Crippen LogP contribution in [0.5, 0.6) is 5.75 Å². The van der Waals surface area contributed by atoms with E-state index >= 15 is 0 Å². The maximum absolute atomic E-state index is 13.0. The third-order valence-corrected chi connectivity index (χ3v) is 7.83. The van der Waals surface area contributed by atoms with Gasteiger partial charge in [0.1, 0.15) is 5.75 Å². The number of aliphatic hydroxyl groups is 1. The minimum atomic E-state index is 0.140. The molecule has 0 radical (unpaired) electrons. The number of fused-ring (bicyclic) bond motifs is 1. The quantitative estimate of drug-likeness (QED) is 0.775. The van der Waals surface area contributed by atoms with Crippen LogP contribution in [0.3, 0.4) is 0 Å². The number of hydrogen-bond acceptors (Lipinski definition) is 4. The average molecular weight is 435 g/mol. The molecule has 3 atom stereocenters. The Labute approximate surface area is 191 Å². The first kappa shape index (κ1) is 21.5. The zero-order chi connectivity index (χ0) is 22.1. The van der Waals surface area contributed by atoms with Crippen molar-refractivity contribution in [2.45, 2.75) is 50.1 Å². The van der Waals surface area contributed by atoms with Gasteiger partial charge in [0.2, 0.25) is 5.91 Å². The maximum atomic E-state index is 13.0. The van der Waals surface area contributed by atoms with E-state index in [1.165, 1.54) is 12.0 Å². The van der Waals surface area contributed by atoms with E-state index in [4.69, 9.17) is 4.74 Å². The fourth-order valence-electron chi connectivity index (χ4n) is 5.75. The molecule has 1 N–H and O–H groups in total. The Kier molecular flexibility index (Phi) is 6.20. The van der Waals surface area contributed by atoms with E-state index in [0.29, 0.717) is 11.9 Å². The normalized spacial score (nSPS) is 26.3. The second kappa shape index (κ2) is 9.24. The molecule has 1 amide bonds. The van der Waals surface area contributed by atoms with Crippen molar-refractivity contribution in [2.24, 2.45) is 5.92 Å². The highest BCUT2D eigenvalue weighted by Crippen LogP contribution is 2.43. The molecule has 3 aliphatic rings. The minimum absolute atomic E-state index is 0.140. The summed E-state index contributed by atoms with van der Waals surface area (Å²) in [6.45, 7) is 2.84. The van der Waals surface area contributed by atoms with Crippen molar-refractivity contribution in [1.82, 2.24) is 9.80 Å². The van der Waals surface area contributed by atoms with E-state index in [1.54, 1.807) is 7.11 Å². The predicted octanol–water partition coefficient (Wildman–Crippen LogP) is 3.91. The van der Waals surface area contributed by atoms with E-state index < -0.39 is 0 Å². The van der Waals surface area contributed by atoms with Gasteiger partial charge in [0.05, 0.1) is 13.7 Å². The lowest BCUT2D eigenvalue weighted by Crippen LogP contribution is -2.68. The minimum Gasteiger partial charge on any atom is -0.497 e. The molecule has 5 heteroatoms. The van der Waals surface area contributed by atoms with Crippen LogP contribution in [0.4, 0.5) is 0 Å². The third-order valence-electron chi connectivity index (χ3n) is 7.83. The standard InChI is InChI=1S/C27H34N2O3/c1-32-23-9-5-8-22(16-23)19-10-12-20(13-11-19)26-24-17-28(27(31)21-6-4-7-21)14-2-3-15-29(24)25(26)18-30/h5,8-13,16,21,24-26,30H,2-4,6-7,14-15,17-18H2,1H3/t24-,25-,26+/m0/s1. The summed E-state index contributed by atoms with van der Waals surface area (Å²) in [6, 6.07) is 17.3. The van der Waals surface area contributed by atoms with Crippen LogP contribution in [0.1, 0.15) is 43.6 Å². The van der Waals surface area contributed by atoms with Gasteiger partial charge < -0.3 is 14.7 Å². The number of amides is 1. The Morgan fingerprint density at radius 1 is 1.03 bits per heavy atom. The molecule has 2 aromatic rings. The van der Waals surface area contributed by atoms with Crippen molar-refractivity contribution >= 4 is 5.91 Å². The molecule has 32 heavy (non-hydrogen) atoms. The number of nitrogens with zero attached hydrogens (tertiary/aromatic N) is 2. The summed E-state index contributed by atoms with van der Waals surface area (Å²) in [6.07, 6.45) is 5.44. The summed E-state index contributed by atoms with van der Waals surface area (Å²) in [7, 11) is 1.69. The van der Waals surface area contributed by atoms with Crippen molar-refractivity contribution in [3.8, 4) is 16.9 Å². The van der Waals surface area contributed by atoms with Gasteiger partial charge >= 0.3 is 0 Å². The SMILES string of the molecule is COc1cccc(-c2ccc([C@H]3[C@H](CO)N4CCCCN(C(=O)C5CCC5)C[C@@H]34)cc2)c1. The van der Waals surface area contributed by atoms with Crippen LogP contribution < -0.4 is 4.74 Å². The Hall–Kier alpha value is -2.37. The number of hydrogen-bond donors (Lipinski definition) is 1. The summed E-state index contributed by atoms with van der Waals surface area (Å²) in [5.41, 5.74) is 3.55. The van der Waals surface area contributed by atoms with Gasteiger partial charge in [-0.25, -0.2) is 0 Å². The summed E-state index contributed by atoms with van der Waals surface area (Å²) in [5, 5.41) is 10.2. The van der Waals surface area contributed by atoms with E-state index in [1.807, 2.05) is 12.1 Å². The summed E-state index contributed by atoms with van der Waals surface area (Å²) in [5.74, 6) is 1.72. The van der Waals surface area contributed by atoms with Crippen LogP contribution in [0.15, 0.2) is 48.5 Å². The number of methoxy groups -OCH3 is 1. The van der Waals surface area contributed by atoms with Crippen molar-refractivity contribution in [2.75, 3.05) is 33.4 Å². The second-order valence-corrected chi connectivity index (χ2v) is 9.55. The van der Waals surface area contributed by atoms with Crippen molar-refractivity contribution in [3.05, 3.63) is 54.1 Å². The monoisotopic (exact) mass is 434 g/mol. The van der Waals surface area contributed by atoms with Crippen LogP contribution in [-0.4, -0.2) is 66.2 Å². The van der Waals surface area contributed by atoms with Gasteiger partial charge in [-0.3, -0.25) is 9.69 Å². The smallest absolute Gasteiger partial charge is 0.225 e. The second-order valence-electron chi connectivity index (χ2n) is 9.55. The van der Waals surface area contributed by atoms with Gasteiger partial charge in [0.25, 0.3) is 0 Å². The number of carbonyl (C=O) groups excluding carboxylic acids is 1. The van der Waals surface area contributed by atoms with E-state index in [9.17, 15) is 9.90 Å². The number of benzene rings is 2. The van der Waals surface area contributed by atoms with E-state index in [2.05, 4.69) is 46.2 Å². The fourth-order valence-corrected chi connectivity index (χ4v) is 5.75. The molecule has 1 aliphatic carbocycles. The molecule has 0 spiro atoms. The zero-order valence-electron chi connectivity index (χ0n) is 19.0. The lowest BCUT2D eigenvalue weighted by molar-refractivity contribution is -0.143. The third kappa shape index (κ3) is 3.93. The van der Waals surface area contributed by atoms with Crippen LogP contribution in [0.25, 0.3) is 11.1 Å². The molecule has 0 bridgehead atoms. The Morgan fingerprint density at radius 3 is 2.50 bits per heavy atom. The molecule has 2 saturated heterocycles. The average Bonchev–Trinajstić information content (AvgIpc) is 2.77. The molecule has 0 unspecified atom stereocenters. The van der Waals surface area contributed by atoms with Crippen LogP contribution in [0, 0.1) is 5.92 Å². The summed E-state index contributed by atoms with van der Waals surface area (Å²) >= 11 is 0. The van der Waals surface area contributed by atoms with Gasteiger partial charge in [-0.15, -0.1) is 0 Å². The van der Waals surface area contributed by atoms with E-state index in [-0.39, 0.29) is 24.5 Å². The van der Waals surface area contributed by atoms with Crippen LogP contribution in [0.2, 0.25) is 0 Å². The lowest BCUT2D eigenvalue weighted by atomic mass is 9.74. The molecular weight excluding hydrogens is 400 g/mol. The molecule has 5 nitrogen and oxygen atoms in total. The number of rotatable bonds is 5. The fraction of sp³-hybridized carbons (Fsp3) is 0.519. The van der Waals surface area contributed by atoms with Crippen molar-refractivity contribution in [1.29, 1.82) is 0 Å². The molecule has 170 valence electrons. The first-order chi connectivity index (χ1) is 15.7. The first-order valence-corrected chi connectivity index (χ1v) is 12.1. The molecular formula is C27H34N2O3. The summed E-state index contributed by atoms with van der Waals surface area (Å²) < 4.78 is 5.37. The lowest BCUT2D eigenvalue weighted by Gasteiger charge is -2.57. The van der Waals surface area contributed by atoms with Gasteiger partial charge in [-0.1, -0.05) is 42.8 Å².